The van der Waals surface area contributed by atoms with E-state index in [1.807, 2.05) is 12.1 Å². The molecule has 18 heavy (non-hydrogen) atoms. The molecule has 2 rings (SSSR count). The molecule has 3 nitrogen and oxygen atoms in total. The Kier molecular flexibility index (Phi) is 3.72. The average molecular weight is 245 g/mol. The standard InChI is InChI=1S/C15H19NO2/c1-10(9-16)11-4-5-12-13(8-11)15(18-3)7-6-14(12)17-2/h4-8,10H,9,16H2,1-3H3. The number of benzene rings is 2. The molecule has 3 heteroatoms. The first-order valence-corrected chi connectivity index (χ1v) is 6.06. The molecule has 0 bridgehead atoms. The fourth-order valence-corrected chi connectivity index (χ4v) is 2.11. The number of methoxy groups -OCH3 is 2. The van der Waals surface area contributed by atoms with Crippen molar-refractivity contribution < 1.29 is 9.47 Å². The Morgan fingerprint density at radius 3 is 2.17 bits per heavy atom. The first-order chi connectivity index (χ1) is 8.71. The van der Waals surface area contributed by atoms with Crippen LogP contribution in [0.3, 0.4) is 0 Å². The Labute approximate surface area is 108 Å². The lowest BCUT2D eigenvalue weighted by atomic mass is 9.97. The second kappa shape index (κ2) is 5.27. The summed E-state index contributed by atoms with van der Waals surface area (Å²) < 4.78 is 10.8. The Bertz CT molecular complexity index is 551. The van der Waals surface area contributed by atoms with Crippen LogP contribution in [0.1, 0.15) is 18.4 Å². The summed E-state index contributed by atoms with van der Waals surface area (Å²) in [5.41, 5.74) is 6.94. The van der Waals surface area contributed by atoms with Crippen LogP contribution in [0.25, 0.3) is 10.8 Å². The molecule has 96 valence electrons. The van der Waals surface area contributed by atoms with E-state index in [4.69, 9.17) is 15.2 Å². The van der Waals surface area contributed by atoms with E-state index in [1.54, 1.807) is 14.2 Å². The molecule has 2 aromatic rings. The molecular weight excluding hydrogens is 226 g/mol. The Morgan fingerprint density at radius 2 is 1.61 bits per heavy atom. The lowest BCUT2D eigenvalue weighted by Crippen LogP contribution is -2.08. The van der Waals surface area contributed by atoms with E-state index in [0.29, 0.717) is 12.5 Å². The largest absolute Gasteiger partial charge is 0.496 e. The quantitative estimate of drug-likeness (QED) is 0.900. The summed E-state index contributed by atoms with van der Waals surface area (Å²) in [6, 6.07) is 10.2. The highest BCUT2D eigenvalue weighted by molar-refractivity contribution is 5.93. The van der Waals surface area contributed by atoms with Crippen LogP contribution >= 0.6 is 0 Å². The number of hydrogen-bond acceptors (Lipinski definition) is 3. The highest BCUT2D eigenvalue weighted by atomic mass is 16.5. The molecule has 0 aliphatic heterocycles. The zero-order valence-corrected chi connectivity index (χ0v) is 11.1. The molecule has 0 aromatic heterocycles. The molecule has 0 aliphatic carbocycles. The molecule has 0 aliphatic rings. The van der Waals surface area contributed by atoms with E-state index in [0.717, 1.165) is 22.3 Å². The van der Waals surface area contributed by atoms with Gasteiger partial charge in [0.25, 0.3) is 0 Å². The number of fused-ring (bicyclic) bond motifs is 1. The summed E-state index contributed by atoms with van der Waals surface area (Å²) in [7, 11) is 3.36. The average Bonchev–Trinajstić information content (AvgIpc) is 2.44. The van der Waals surface area contributed by atoms with Gasteiger partial charge in [0, 0.05) is 10.8 Å². The van der Waals surface area contributed by atoms with E-state index in [-0.39, 0.29) is 0 Å². The van der Waals surface area contributed by atoms with Gasteiger partial charge in [-0.15, -0.1) is 0 Å². The van der Waals surface area contributed by atoms with Gasteiger partial charge in [-0.05, 0) is 36.2 Å². The highest BCUT2D eigenvalue weighted by Crippen LogP contribution is 2.34. The van der Waals surface area contributed by atoms with Crippen LogP contribution in [0, 0.1) is 0 Å². The van der Waals surface area contributed by atoms with Crippen LogP contribution in [-0.4, -0.2) is 20.8 Å². The van der Waals surface area contributed by atoms with E-state index in [1.165, 1.54) is 5.56 Å². The molecule has 0 fully saturated rings. The van der Waals surface area contributed by atoms with Crippen molar-refractivity contribution in [3.8, 4) is 11.5 Å². The molecule has 0 amide bonds. The van der Waals surface area contributed by atoms with Gasteiger partial charge >= 0.3 is 0 Å². The van der Waals surface area contributed by atoms with Crippen molar-refractivity contribution in [3.63, 3.8) is 0 Å². The summed E-state index contributed by atoms with van der Waals surface area (Å²) in [6.45, 7) is 2.76. The van der Waals surface area contributed by atoms with Crippen LogP contribution < -0.4 is 15.2 Å². The molecule has 2 aromatic carbocycles. The third-order valence-corrected chi connectivity index (χ3v) is 3.32. The van der Waals surface area contributed by atoms with E-state index in [2.05, 4.69) is 25.1 Å². The smallest absolute Gasteiger partial charge is 0.126 e. The fourth-order valence-electron chi connectivity index (χ4n) is 2.11. The van der Waals surface area contributed by atoms with Gasteiger partial charge < -0.3 is 15.2 Å². The van der Waals surface area contributed by atoms with Crippen molar-refractivity contribution in [2.24, 2.45) is 5.73 Å². The van der Waals surface area contributed by atoms with Crippen LogP contribution in [0.15, 0.2) is 30.3 Å². The molecule has 2 N–H and O–H groups in total. The zero-order valence-electron chi connectivity index (χ0n) is 11.1. The first-order valence-electron chi connectivity index (χ1n) is 6.06. The minimum atomic E-state index is 0.338. The van der Waals surface area contributed by atoms with Gasteiger partial charge in [-0.2, -0.15) is 0 Å². The van der Waals surface area contributed by atoms with Gasteiger partial charge in [0.1, 0.15) is 11.5 Å². The molecule has 1 unspecified atom stereocenters. The predicted octanol–water partition coefficient (Wildman–Crippen LogP) is 2.92. The maximum Gasteiger partial charge on any atom is 0.126 e. The highest BCUT2D eigenvalue weighted by Gasteiger charge is 2.10. The van der Waals surface area contributed by atoms with Gasteiger partial charge in [-0.3, -0.25) is 0 Å². The lowest BCUT2D eigenvalue weighted by Gasteiger charge is -2.14. The topological polar surface area (TPSA) is 44.5 Å². The normalized spacial score (nSPS) is 12.4. The van der Waals surface area contributed by atoms with E-state index < -0.39 is 0 Å². The third kappa shape index (κ3) is 2.14. The fraction of sp³-hybridized carbons (Fsp3) is 0.333. The van der Waals surface area contributed by atoms with Crippen LogP contribution in [0.2, 0.25) is 0 Å². The Morgan fingerprint density at radius 1 is 1.00 bits per heavy atom. The summed E-state index contributed by atoms with van der Waals surface area (Å²) in [6.07, 6.45) is 0. The monoisotopic (exact) mass is 245 g/mol. The number of hydrogen-bond donors (Lipinski definition) is 1. The van der Waals surface area contributed by atoms with Gasteiger partial charge in [-0.25, -0.2) is 0 Å². The van der Waals surface area contributed by atoms with Crippen molar-refractivity contribution in [3.05, 3.63) is 35.9 Å². The second-order valence-corrected chi connectivity index (χ2v) is 4.41. The molecular formula is C15H19NO2. The second-order valence-electron chi connectivity index (χ2n) is 4.41. The van der Waals surface area contributed by atoms with Crippen molar-refractivity contribution >= 4 is 10.8 Å². The number of rotatable bonds is 4. The lowest BCUT2D eigenvalue weighted by molar-refractivity contribution is 0.410. The predicted molar refractivity (Wildman–Crippen MR) is 74.5 cm³/mol. The van der Waals surface area contributed by atoms with Gasteiger partial charge in [0.05, 0.1) is 14.2 Å². The van der Waals surface area contributed by atoms with Gasteiger partial charge in [0.2, 0.25) is 0 Å². The van der Waals surface area contributed by atoms with Crippen molar-refractivity contribution in [1.82, 2.24) is 0 Å². The number of ether oxygens (including phenoxy) is 2. The Balaban J connectivity index is 2.66. The maximum atomic E-state index is 5.72. The molecule has 0 heterocycles. The van der Waals surface area contributed by atoms with Crippen molar-refractivity contribution in [1.29, 1.82) is 0 Å². The first kappa shape index (κ1) is 12.7. The Hall–Kier alpha value is -1.74. The molecule has 0 spiro atoms. The van der Waals surface area contributed by atoms with E-state index in [9.17, 15) is 0 Å². The van der Waals surface area contributed by atoms with Crippen LogP contribution in [0.5, 0.6) is 11.5 Å². The van der Waals surface area contributed by atoms with Gasteiger partial charge in [0.15, 0.2) is 0 Å². The zero-order chi connectivity index (χ0) is 13.1. The molecule has 0 saturated heterocycles. The summed E-state index contributed by atoms with van der Waals surface area (Å²) in [5, 5.41) is 2.12. The van der Waals surface area contributed by atoms with Crippen molar-refractivity contribution in [2.75, 3.05) is 20.8 Å². The van der Waals surface area contributed by atoms with Gasteiger partial charge in [-0.1, -0.05) is 19.1 Å². The van der Waals surface area contributed by atoms with Crippen LogP contribution in [0.4, 0.5) is 0 Å². The number of nitrogens with two attached hydrogens (primary N) is 1. The van der Waals surface area contributed by atoms with Crippen LogP contribution in [-0.2, 0) is 0 Å². The minimum Gasteiger partial charge on any atom is -0.496 e. The SMILES string of the molecule is COc1ccc(OC)c2cc(C(C)CN)ccc12. The van der Waals surface area contributed by atoms with E-state index >= 15 is 0 Å². The minimum absolute atomic E-state index is 0.338. The summed E-state index contributed by atoms with van der Waals surface area (Å²) >= 11 is 0. The molecule has 0 saturated carbocycles. The molecule has 1 atom stereocenters. The summed E-state index contributed by atoms with van der Waals surface area (Å²) in [4.78, 5) is 0. The summed E-state index contributed by atoms with van der Waals surface area (Å²) in [5.74, 6) is 2.06. The third-order valence-electron chi connectivity index (χ3n) is 3.32. The van der Waals surface area contributed by atoms with Crippen molar-refractivity contribution in [2.45, 2.75) is 12.8 Å². The maximum absolute atomic E-state index is 5.72. The molecule has 0 radical (unpaired) electrons.